The van der Waals surface area contributed by atoms with Crippen molar-refractivity contribution < 1.29 is 17.6 Å². The number of hydrogen-bond donors (Lipinski definition) is 0. The zero-order chi connectivity index (χ0) is 22.4. The lowest BCUT2D eigenvalue weighted by molar-refractivity contribution is -0.133. The Bertz CT molecular complexity index is 1060. The lowest BCUT2D eigenvalue weighted by Crippen LogP contribution is -2.49. The molecule has 0 unspecified atom stereocenters. The van der Waals surface area contributed by atoms with E-state index in [1.54, 1.807) is 11.8 Å². The van der Waals surface area contributed by atoms with E-state index in [2.05, 4.69) is 0 Å². The normalized spacial score (nSPS) is 12.2. The van der Waals surface area contributed by atoms with Crippen molar-refractivity contribution in [1.82, 2.24) is 4.90 Å². The van der Waals surface area contributed by atoms with Crippen LogP contribution in [-0.2, 0) is 27.9 Å². The molecule has 3 rings (SSSR count). The molecule has 0 spiro atoms. The molecular formula is C24H25FN2O3S. The summed E-state index contributed by atoms with van der Waals surface area (Å²) in [5.74, 6) is -0.826. The van der Waals surface area contributed by atoms with Crippen LogP contribution in [0.25, 0.3) is 0 Å². The summed E-state index contributed by atoms with van der Waals surface area (Å²) in [7, 11) is -3.79. The maximum absolute atomic E-state index is 13.5. The second-order valence-corrected chi connectivity index (χ2v) is 9.24. The molecule has 0 aliphatic heterocycles. The van der Waals surface area contributed by atoms with Crippen molar-refractivity contribution in [3.8, 4) is 0 Å². The molecule has 5 nitrogen and oxygen atoms in total. The van der Waals surface area contributed by atoms with Gasteiger partial charge < -0.3 is 4.90 Å². The first kappa shape index (κ1) is 22.5. The minimum atomic E-state index is -3.79. The molecule has 31 heavy (non-hydrogen) atoms. The molecule has 0 aromatic heterocycles. The average molecular weight is 441 g/mol. The van der Waals surface area contributed by atoms with Gasteiger partial charge in [0.2, 0.25) is 15.9 Å². The fraction of sp³-hybridized carbons (Fsp3) is 0.208. The van der Waals surface area contributed by atoms with Crippen molar-refractivity contribution in [2.24, 2.45) is 0 Å². The van der Waals surface area contributed by atoms with Gasteiger partial charge in [-0.3, -0.25) is 9.10 Å². The Morgan fingerprint density at radius 2 is 1.29 bits per heavy atom. The molecule has 0 N–H and O–H groups in total. The molecule has 0 fully saturated rings. The van der Waals surface area contributed by atoms with Gasteiger partial charge in [0.25, 0.3) is 0 Å². The molecule has 3 aromatic rings. The van der Waals surface area contributed by atoms with E-state index in [0.29, 0.717) is 13.1 Å². The Morgan fingerprint density at radius 3 is 1.71 bits per heavy atom. The van der Waals surface area contributed by atoms with Crippen LogP contribution in [-0.4, -0.2) is 31.5 Å². The average Bonchev–Trinajstić information content (AvgIpc) is 2.75. The van der Waals surface area contributed by atoms with Gasteiger partial charge in [-0.1, -0.05) is 60.7 Å². The van der Waals surface area contributed by atoms with Gasteiger partial charge in [0.1, 0.15) is 11.9 Å². The predicted molar refractivity (Wildman–Crippen MR) is 120 cm³/mol. The van der Waals surface area contributed by atoms with Gasteiger partial charge in [0.15, 0.2) is 0 Å². The quantitative estimate of drug-likeness (QED) is 0.527. The molecule has 7 heteroatoms. The van der Waals surface area contributed by atoms with Gasteiger partial charge in [-0.15, -0.1) is 0 Å². The van der Waals surface area contributed by atoms with Crippen LogP contribution < -0.4 is 4.31 Å². The van der Waals surface area contributed by atoms with E-state index in [1.165, 1.54) is 24.3 Å². The summed E-state index contributed by atoms with van der Waals surface area (Å²) in [5, 5.41) is 0. The summed E-state index contributed by atoms with van der Waals surface area (Å²) < 4.78 is 39.5. The molecule has 0 radical (unpaired) electrons. The van der Waals surface area contributed by atoms with Crippen molar-refractivity contribution in [3.05, 3.63) is 102 Å². The number of hydrogen-bond acceptors (Lipinski definition) is 3. The topological polar surface area (TPSA) is 57.7 Å². The van der Waals surface area contributed by atoms with Gasteiger partial charge in [-0.2, -0.15) is 0 Å². The molecule has 0 saturated carbocycles. The van der Waals surface area contributed by atoms with Crippen molar-refractivity contribution in [3.63, 3.8) is 0 Å². The molecule has 1 amide bonds. The molecule has 0 heterocycles. The van der Waals surface area contributed by atoms with Gasteiger partial charge in [0, 0.05) is 13.1 Å². The van der Waals surface area contributed by atoms with Crippen LogP contribution in [0, 0.1) is 5.82 Å². The van der Waals surface area contributed by atoms with Gasteiger partial charge in [-0.25, -0.2) is 12.8 Å². The van der Waals surface area contributed by atoms with E-state index in [0.717, 1.165) is 21.7 Å². The standard InChI is InChI=1S/C24H25FN2O3S/c1-19(27(31(2,29)30)23-15-13-22(25)14-16-23)24(28)26(17-20-9-5-3-6-10-20)18-21-11-7-4-8-12-21/h3-16,19H,17-18H2,1-2H3/t19-/m0/s1. The first-order valence-corrected chi connectivity index (χ1v) is 11.7. The number of sulfonamides is 1. The van der Waals surface area contributed by atoms with E-state index < -0.39 is 21.9 Å². The number of amides is 1. The van der Waals surface area contributed by atoms with Crippen molar-refractivity contribution in [2.45, 2.75) is 26.1 Å². The maximum atomic E-state index is 13.5. The van der Waals surface area contributed by atoms with Gasteiger partial charge in [-0.05, 0) is 42.3 Å². The number of benzene rings is 3. The van der Waals surface area contributed by atoms with Gasteiger partial charge in [0.05, 0.1) is 11.9 Å². The Kier molecular flexibility index (Phi) is 7.07. The third-order valence-electron chi connectivity index (χ3n) is 4.89. The highest BCUT2D eigenvalue weighted by Gasteiger charge is 2.32. The molecule has 0 aliphatic carbocycles. The Hall–Kier alpha value is -3.19. The van der Waals surface area contributed by atoms with Crippen LogP contribution in [0.5, 0.6) is 0 Å². The first-order valence-electron chi connectivity index (χ1n) is 9.87. The number of nitrogens with zero attached hydrogens (tertiary/aromatic N) is 2. The third-order valence-corrected chi connectivity index (χ3v) is 6.13. The summed E-state index contributed by atoms with van der Waals surface area (Å²) in [6.07, 6.45) is 1.04. The van der Waals surface area contributed by atoms with Crippen molar-refractivity contribution >= 4 is 21.6 Å². The highest BCUT2D eigenvalue weighted by Crippen LogP contribution is 2.23. The second kappa shape index (κ2) is 9.75. The van der Waals surface area contributed by atoms with E-state index in [1.807, 2.05) is 60.7 Å². The van der Waals surface area contributed by atoms with E-state index in [9.17, 15) is 17.6 Å². The van der Waals surface area contributed by atoms with Crippen LogP contribution >= 0.6 is 0 Å². The van der Waals surface area contributed by atoms with Crippen molar-refractivity contribution in [2.75, 3.05) is 10.6 Å². The summed E-state index contributed by atoms with van der Waals surface area (Å²) >= 11 is 0. The lowest BCUT2D eigenvalue weighted by atomic mass is 10.1. The zero-order valence-electron chi connectivity index (χ0n) is 17.5. The molecule has 3 aromatic carbocycles. The summed E-state index contributed by atoms with van der Waals surface area (Å²) in [6.45, 7) is 2.22. The fourth-order valence-electron chi connectivity index (χ4n) is 3.47. The van der Waals surface area contributed by atoms with Crippen LogP contribution in [0.2, 0.25) is 0 Å². The smallest absolute Gasteiger partial charge is 0.246 e. The molecule has 0 aliphatic rings. The molecule has 0 saturated heterocycles. The van der Waals surface area contributed by atoms with Crippen LogP contribution in [0.3, 0.4) is 0 Å². The zero-order valence-corrected chi connectivity index (χ0v) is 18.3. The molecule has 1 atom stereocenters. The number of rotatable bonds is 8. The lowest BCUT2D eigenvalue weighted by Gasteiger charge is -2.33. The maximum Gasteiger partial charge on any atom is 0.246 e. The van der Waals surface area contributed by atoms with Crippen LogP contribution in [0.15, 0.2) is 84.9 Å². The monoisotopic (exact) mass is 440 g/mol. The largest absolute Gasteiger partial charge is 0.332 e. The van der Waals surface area contributed by atoms with Crippen LogP contribution in [0.4, 0.5) is 10.1 Å². The minimum Gasteiger partial charge on any atom is -0.332 e. The number of anilines is 1. The molecule has 162 valence electrons. The van der Waals surface area contributed by atoms with Gasteiger partial charge >= 0.3 is 0 Å². The summed E-state index contributed by atoms with van der Waals surface area (Å²) in [5.41, 5.74) is 2.11. The fourth-order valence-corrected chi connectivity index (χ4v) is 4.64. The predicted octanol–water partition coefficient (Wildman–Crippen LogP) is 4.21. The number of halogens is 1. The SMILES string of the molecule is C[C@@H](C(=O)N(Cc1ccccc1)Cc1ccccc1)N(c1ccc(F)cc1)S(C)(=O)=O. The molecular weight excluding hydrogens is 415 g/mol. The molecule has 0 bridgehead atoms. The highest BCUT2D eigenvalue weighted by atomic mass is 32.2. The third kappa shape index (κ3) is 5.92. The van der Waals surface area contributed by atoms with E-state index in [4.69, 9.17) is 0 Å². The number of carbonyl (C=O) groups is 1. The Balaban J connectivity index is 1.94. The minimum absolute atomic E-state index is 0.240. The van der Waals surface area contributed by atoms with E-state index in [-0.39, 0.29) is 11.6 Å². The first-order chi connectivity index (χ1) is 14.8. The second-order valence-electron chi connectivity index (χ2n) is 7.38. The summed E-state index contributed by atoms with van der Waals surface area (Å²) in [4.78, 5) is 15.2. The van der Waals surface area contributed by atoms with Crippen molar-refractivity contribution in [1.29, 1.82) is 0 Å². The van der Waals surface area contributed by atoms with Crippen LogP contribution in [0.1, 0.15) is 18.1 Å². The highest BCUT2D eigenvalue weighted by molar-refractivity contribution is 7.92. The van der Waals surface area contributed by atoms with E-state index >= 15 is 0 Å². The Labute approximate surface area is 182 Å². The number of carbonyl (C=O) groups excluding carboxylic acids is 1. The summed E-state index contributed by atoms with van der Waals surface area (Å²) in [6, 6.07) is 23.1. The Morgan fingerprint density at radius 1 is 0.839 bits per heavy atom.